The van der Waals surface area contributed by atoms with Gasteiger partial charge in [-0.1, -0.05) is 6.07 Å². The maximum Gasteiger partial charge on any atom is 0.191 e. The molecule has 2 bridgehead atoms. The van der Waals surface area contributed by atoms with Crippen LogP contribution in [0.2, 0.25) is 0 Å². The van der Waals surface area contributed by atoms with Gasteiger partial charge in [0.15, 0.2) is 5.96 Å². The largest absolute Gasteiger partial charge is 0.489 e. The van der Waals surface area contributed by atoms with E-state index in [1.807, 2.05) is 6.92 Å². The van der Waals surface area contributed by atoms with Crippen molar-refractivity contribution in [2.75, 3.05) is 52.9 Å². The Kier molecular flexibility index (Phi) is 8.36. The van der Waals surface area contributed by atoms with Crippen LogP contribution in [0.25, 0.3) is 0 Å². The van der Waals surface area contributed by atoms with Crippen LogP contribution in [-0.4, -0.2) is 80.8 Å². The first-order valence-electron chi connectivity index (χ1n) is 8.97. The van der Waals surface area contributed by atoms with Gasteiger partial charge in [-0.15, -0.1) is 24.0 Å². The first-order valence-corrected chi connectivity index (χ1v) is 8.97. The molecule has 4 rings (SSSR count). The summed E-state index contributed by atoms with van der Waals surface area (Å²) in [7, 11) is 1.77. The highest BCUT2D eigenvalue weighted by atomic mass is 127. The van der Waals surface area contributed by atoms with Crippen molar-refractivity contribution in [2.24, 2.45) is 4.99 Å². The number of piperazine rings is 3. The van der Waals surface area contributed by atoms with Gasteiger partial charge in [-0.05, 0) is 19.1 Å². The van der Waals surface area contributed by atoms with Crippen LogP contribution >= 0.6 is 24.0 Å². The van der Waals surface area contributed by atoms with Crippen molar-refractivity contribution >= 4 is 29.9 Å². The minimum Gasteiger partial charge on any atom is -0.489 e. The molecule has 26 heavy (non-hydrogen) atoms. The van der Waals surface area contributed by atoms with Gasteiger partial charge < -0.3 is 15.4 Å². The third-order valence-electron chi connectivity index (χ3n) is 4.81. The molecule has 3 saturated heterocycles. The molecule has 0 aromatic heterocycles. The fourth-order valence-corrected chi connectivity index (χ4v) is 3.41. The normalized spacial score (nSPS) is 26.0. The zero-order valence-corrected chi connectivity index (χ0v) is 17.8. The third-order valence-corrected chi connectivity index (χ3v) is 4.81. The van der Waals surface area contributed by atoms with Crippen molar-refractivity contribution in [3.8, 4) is 5.75 Å². The van der Waals surface area contributed by atoms with E-state index in [1.54, 1.807) is 19.2 Å². The number of ether oxygens (including phenoxy) is 1. The van der Waals surface area contributed by atoms with Crippen LogP contribution in [0.5, 0.6) is 5.75 Å². The zero-order chi connectivity index (χ0) is 17.6. The predicted octanol–water partition coefficient (Wildman–Crippen LogP) is 1.38. The molecule has 0 spiro atoms. The Labute approximate surface area is 172 Å². The lowest BCUT2D eigenvalue weighted by atomic mass is 10.1. The van der Waals surface area contributed by atoms with E-state index in [0.29, 0.717) is 18.3 Å². The summed E-state index contributed by atoms with van der Waals surface area (Å²) >= 11 is 0. The van der Waals surface area contributed by atoms with Crippen molar-refractivity contribution in [3.63, 3.8) is 0 Å². The summed E-state index contributed by atoms with van der Waals surface area (Å²) in [5.41, 5.74) is 0. The second-order valence-electron chi connectivity index (χ2n) is 6.71. The average Bonchev–Trinajstić information content (AvgIpc) is 2.63. The summed E-state index contributed by atoms with van der Waals surface area (Å²) in [6.45, 7) is 9.27. The van der Waals surface area contributed by atoms with Gasteiger partial charge in [0.25, 0.3) is 0 Å². The topological polar surface area (TPSA) is 52.1 Å². The minimum atomic E-state index is -0.289. The van der Waals surface area contributed by atoms with E-state index >= 15 is 0 Å². The molecule has 8 heteroatoms. The van der Waals surface area contributed by atoms with E-state index in [9.17, 15) is 4.39 Å². The van der Waals surface area contributed by atoms with Crippen molar-refractivity contribution in [3.05, 3.63) is 30.1 Å². The molecule has 3 aliphatic rings. The predicted molar refractivity (Wildman–Crippen MR) is 113 cm³/mol. The molecule has 0 aliphatic carbocycles. The van der Waals surface area contributed by atoms with Crippen molar-refractivity contribution in [1.82, 2.24) is 20.4 Å². The molecule has 0 saturated carbocycles. The zero-order valence-electron chi connectivity index (χ0n) is 15.4. The van der Waals surface area contributed by atoms with E-state index in [1.165, 1.54) is 25.2 Å². The van der Waals surface area contributed by atoms with E-state index in [4.69, 9.17) is 4.74 Å². The summed E-state index contributed by atoms with van der Waals surface area (Å²) in [4.78, 5) is 9.35. The highest BCUT2D eigenvalue weighted by Gasteiger charge is 2.31. The number of aliphatic imine (C=N–C) groups is 1. The second kappa shape index (κ2) is 10.3. The first-order chi connectivity index (χ1) is 12.1. The van der Waals surface area contributed by atoms with Gasteiger partial charge in [0.2, 0.25) is 0 Å². The summed E-state index contributed by atoms with van der Waals surface area (Å²) < 4.78 is 18.9. The number of benzene rings is 1. The number of nitrogens with one attached hydrogen (secondary N) is 2. The van der Waals surface area contributed by atoms with Crippen LogP contribution in [0, 0.1) is 5.82 Å². The Hall–Kier alpha value is -1.13. The molecule has 2 N–H and O–H groups in total. The maximum absolute atomic E-state index is 13.2. The molecule has 146 valence electrons. The summed E-state index contributed by atoms with van der Waals surface area (Å²) in [6.07, 6.45) is -0.0964. The molecular weight excluding hydrogens is 448 g/mol. The van der Waals surface area contributed by atoms with Gasteiger partial charge in [0, 0.05) is 58.4 Å². The van der Waals surface area contributed by atoms with E-state index in [0.717, 1.165) is 32.1 Å². The molecule has 3 heterocycles. The Morgan fingerprint density at radius 2 is 2.08 bits per heavy atom. The van der Waals surface area contributed by atoms with Crippen LogP contribution in [0.3, 0.4) is 0 Å². The first kappa shape index (κ1) is 21.2. The molecule has 0 amide bonds. The number of nitrogens with zero attached hydrogens (tertiary/aromatic N) is 3. The minimum absolute atomic E-state index is 0. The van der Waals surface area contributed by atoms with Crippen molar-refractivity contribution in [2.45, 2.75) is 19.1 Å². The number of hydrogen-bond acceptors (Lipinski definition) is 4. The van der Waals surface area contributed by atoms with Gasteiger partial charge in [0.1, 0.15) is 17.7 Å². The highest BCUT2D eigenvalue weighted by molar-refractivity contribution is 14.0. The standard InChI is InChI=1S/C18H28FN5O.HI/c1-14(25-17-5-3-4-15(19)10-17)11-21-18(20-2)22-12-16-13-23-6-8-24(16)9-7-23;/h3-5,10,14,16H,6-9,11-13H2,1-2H3,(H2,20,21,22);1H. The quantitative estimate of drug-likeness (QED) is 0.369. The van der Waals surface area contributed by atoms with Crippen LogP contribution in [0.1, 0.15) is 6.92 Å². The lowest BCUT2D eigenvalue weighted by molar-refractivity contribution is 0.0154. The molecule has 2 atom stereocenters. The van der Waals surface area contributed by atoms with Gasteiger partial charge in [0.05, 0.1) is 6.54 Å². The summed E-state index contributed by atoms with van der Waals surface area (Å²) in [5, 5.41) is 6.68. The lowest BCUT2D eigenvalue weighted by Gasteiger charge is -2.47. The van der Waals surface area contributed by atoms with Crippen molar-refractivity contribution in [1.29, 1.82) is 0 Å². The Balaban J connectivity index is 0.00000243. The van der Waals surface area contributed by atoms with E-state index in [2.05, 4.69) is 25.4 Å². The van der Waals surface area contributed by atoms with Crippen LogP contribution in [-0.2, 0) is 0 Å². The number of hydrogen-bond donors (Lipinski definition) is 2. The smallest absolute Gasteiger partial charge is 0.191 e. The number of guanidine groups is 1. The Morgan fingerprint density at radius 1 is 1.31 bits per heavy atom. The van der Waals surface area contributed by atoms with E-state index < -0.39 is 0 Å². The second-order valence-corrected chi connectivity index (χ2v) is 6.71. The van der Waals surface area contributed by atoms with Gasteiger partial charge in [-0.2, -0.15) is 0 Å². The fourth-order valence-electron chi connectivity index (χ4n) is 3.41. The molecule has 1 aromatic carbocycles. The SMILES string of the molecule is CN=C(NCC(C)Oc1cccc(F)c1)NCC1CN2CCN1CC2.I. The number of rotatable bonds is 6. The Bertz CT molecular complexity index is 595. The third kappa shape index (κ3) is 5.95. The van der Waals surface area contributed by atoms with Gasteiger partial charge >= 0.3 is 0 Å². The average molecular weight is 477 g/mol. The molecule has 1 aromatic rings. The van der Waals surface area contributed by atoms with Gasteiger partial charge in [-0.3, -0.25) is 14.8 Å². The van der Waals surface area contributed by atoms with Crippen molar-refractivity contribution < 1.29 is 9.13 Å². The summed E-state index contributed by atoms with van der Waals surface area (Å²) in [6, 6.07) is 6.75. The monoisotopic (exact) mass is 477 g/mol. The Morgan fingerprint density at radius 3 is 2.69 bits per heavy atom. The molecule has 3 fully saturated rings. The highest BCUT2D eigenvalue weighted by Crippen LogP contribution is 2.15. The van der Waals surface area contributed by atoms with E-state index in [-0.39, 0.29) is 35.9 Å². The molecular formula is C18H29FIN5O. The van der Waals surface area contributed by atoms with Crippen LogP contribution < -0.4 is 15.4 Å². The number of halogens is 2. The lowest BCUT2D eigenvalue weighted by Crippen LogP contribution is -2.64. The molecule has 2 unspecified atom stereocenters. The molecule has 3 aliphatic heterocycles. The molecule has 6 nitrogen and oxygen atoms in total. The van der Waals surface area contributed by atoms with Crippen LogP contribution in [0.4, 0.5) is 4.39 Å². The fraction of sp³-hybridized carbons (Fsp3) is 0.611. The number of fused-ring (bicyclic) bond motifs is 3. The maximum atomic E-state index is 13.2. The summed E-state index contributed by atoms with van der Waals surface area (Å²) in [5.74, 6) is 1.02. The molecule has 0 radical (unpaired) electrons. The van der Waals surface area contributed by atoms with Gasteiger partial charge in [-0.25, -0.2) is 4.39 Å². The van der Waals surface area contributed by atoms with Crippen LogP contribution in [0.15, 0.2) is 29.3 Å².